The highest BCUT2D eigenvalue weighted by Gasteiger charge is 2.30. The summed E-state index contributed by atoms with van der Waals surface area (Å²) in [6, 6.07) is 4.65. The van der Waals surface area contributed by atoms with E-state index in [4.69, 9.17) is 11.6 Å². The van der Waals surface area contributed by atoms with Gasteiger partial charge in [0.05, 0.1) is 0 Å². The molecule has 0 unspecified atom stereocenters. The van der Waals surface area contributed by atoms with Crippen LogP contribution in [0.25, 0.3) is 0 Å². The van der Waals surface area contributed by atoms with Gasteiger partial charge in [0.15, 0.2) is 5.78 Å². The van der Waals surface area contributed by atoms with Crippen LogP contribution in [0.3, 0.4) is 0 Å². The van der Waals surface area contributed by atoms with Gasteiger partial charge in [-0.05, 0) is 41.1 Å². The van der Waals surface area contributed by atoms with Crippen molar-refractivity contribution in [3.05, 3.63) is 28.8 Å². The summed E-state index contributed by atoms with van der Waals surface area (Å²) in [5, 5.41) is 1.19. The molecule has 0 saturated carbocycles. The van der Waals surface area contributed by atoms with E-state index in [0.717, 1.165) is 8.20 Å². The molecule has 1 aromatic rings. The quantitative estimate of drug-likeness (QED) is 0.475. The number of ketones is 1. The number of hydrogen-bond donors (Lipinski definition) is 0. The monoisotopic (exact) mass is 408 g/mol. The Bertz CT molecular complexity index is 710. The fourth-order valence-corrected chi connectivity index (χ4v) is 5.00. The molecule has 0 aliphatic rings. The molecule has 0 aromatic heterocycles. The first kappa shape index (κ1) is 24.4. The lowest BCUT2D eigenvalue weighted by Gasteiger charge is -2.32. The SMILES string of the molecule is CC(C)(C)C(=O)C(Cl)=Pc1c(C(C)(C)C)cc(C(C)(C)C)cc1C(C)(C)C. The van der Waals surface area contributed by atoms with Gasteiger partial charge < -0.3 is 0 Å². The maximum atomic E-state index is 12.7. The van der Waals surface area contributed by atoms with Gasteiger partial charge in [-0.25, -0.2) is 0 Å². The van der Waals surface area contributed by atoms with Crippen LogP contribution in [-0.4, -0.2) is 10.5 Å². The van der Waals surface area contributed by atoms with Crippen LogP contribution in [0.5, 0.6) is 0 Å². The second kappa shape index (κ2) is 7.64. The summed E-state index contributed by atoms with van der Waals surface area (Å²) < 4.78 is 0.405. The molecule has 1 nitrogen and oxygen atoms in total. The summed E-state index contributed by atoms with van der Waals surface area (Å²) >= 11 is 6.58. The van der Waals surface area contributed by atoms with Crippen molar-refractivity contribution in [3.8, 4) is 0 Å². The molecule has 27 heavy (non-hydrogen) atoms. The molecule has 1 rings (SSSR count). The van der Waals surface area contributed by atoms with Gasteiger partial charge in [0, 0.05) is 10.7 Å². The lowest BCUT2D eigenvalue weighted by atomic mass is 9.75. The number of Topliss-reactive ketones (excluding diaryl/α,β-unsaturated/α-hetero) is 1. The standard InChI is InChI=1S/C24H38ClOP/c1-21(2,3)15-13-16(22(4,5)6)18(17(14-15)23(7,8)9)27-20(25)19(26)24(10,11)12/h13-14H,1-12H3. The highest BCUT2D eigenvalue weighted by molar-refractivity contribution is 7.57. The molecule has 0 heterocycles. The van der Waals surface area contributed by atoms with Gasteiger partial charge in [-0.1, -0.05) is 107 Å². The lowest BCUT2D eigenvalue weighted by molar-refractivity contribution is -0.119. The minimum atomic E-state index is -0.473. The van der Waals surface area contributed by atoms with Gasteiger partial charge in [0.25, 0.3) is 0 Å². The predicted octanol–water partition coefficient (Wildman–Crippen LogP) is 7.13. The first-order chi connectivity index (χ1) is 11.8. The molecular formula is C24H38ClOP. The van der Waals surface area contributed by atoms with Gasteiger partial charge in [-0.15, -0.1) is 0 Å². The first-order valence-corrected chi connectivity index (χ1v) is 11.0. The molecular weight excluding hydrogens is 371 g/mol. The Morgan fingerprint density at radius 3 is 1.37 bits per heavy atom. The van der Waals surface area contributed by atoms with E-state index in [9.17, 15) is 4.79 Å². The second-order valence-electron chi connectivity index (χ2n) is 11.7. The summed E-state index contributed by atoms with van der Waals surface area (Å²) in [6.45, 7) is 25.9. The number of rotatable bonds is 2. The molecule has 0 aliphatic heterocycles. The van der Waals surface area contributed by atoms with Gasteiger partial charge in [0.2, 0.25) is 0 Å². The number of benzene rings is 1. The van der Waals surface area contributed by atoms with Crippen LogP contribution in [0, 0.1) is 5.41 Å². The Morgan fingerprint density at radius 2 is 1.11 bits per heavy atom. The third-order valence-corrected chi connectivity index (χ3v) is 6.20. The maximum absolute atomic E-state index is 12.7. The largest absolute Gasteiger partial charge is 0.292 e. The zero-order valence-electron chi connectivity index (χ0n) is 19.4. The van der Waals surface area contributed by atoms with Crippen LogP contribution in [0.4, 0.5) is 0 Å². The second-order valence-corrected chi connectivity index (χ2v) is 13.4. The highest BCUT2D eigenvalue weighted by atomic mass is 35.5. The van der Waals surface area contributed by atoms with Crippen molar-refractivity contribution in [3.63, 3.8) is 0 Å². The van der Waals surface area contributed by atoms with E-state index in [1.165, 1.54) is 22.0 Å². The smallest absolute Gasteiger partial charge is 0.184 e. The molecule has 0 radical (unpaired) electrons. The summed E-state index contributed by atoms with van der Waals surface area (Å²) in [5.41, 5.74) is 3.40. The van der Waals surface area contributed by atoms with Crippen LogP contribution in [0.15, 0.2) is 12.1 Å². The minimum absolute atomic E-state index is 0.0189. The lowest BCUT2D eigenvalue weighted by Crippen LogP contribution is -2.31. The van der Waals surface area contributed by atoms with Crippen LogP contribution in [0.1, 0.15) is 99.8 Å². The van der Waals surface area contributed by atoms with Crippen molar-refractivity contribution in [1.29, 1.82) is 0 Å². The normalized spacial score (nSPS) is 14.5. The van der Waals surface area contributed by atoms with Crippen LogP contribution >= 0.6 is 19.8 Å². The Morgan fingerprint density at radius 1 is 0.741 bits per heavy atom. The average Bonchev–Trinajstić information content (AvgIpc) is 2.41. The Labute approximate surface area is 174 Å². The van der Waals surface area contributed by atoms with Gasteiger partial charge in [-0.2, -0.15) is 0 Å². The van der Waals surface area contributed by atoms with E-state index in [-0.39, 0.29) is 22.0 Å². The van der Waals surface area contributed by atoms with Gasteiger partial charge >= 0.3 is 0 Å². The maximum Gasteiger partial charge on any atom is 0.184 e. The zero-order chi connectivity index (χ0) is 21.6. The third-order valence-electron chi connectivity index (χ3n) is 4.67. The van der Waals surface area contributed by atoms with Crippen molar-refractivity contribution in [2.75, 3.05) is 0 Å². The van der Waals surface area contributed by atoms with Gasteiger partial charge in [-0.3, -0.25) is 4.79 Å². The molecule has 0 aliphatic carbocycles. The molecule has 152 valence electrons. The fraction of sp³-hybridized carbons (Fsp3) is 0.667. The molecule has 0 N–H and O–H groups in total. The van der Waals surface area contributed by atoms with Crippen molar-refractivity contribution in [2.45, 2.75) is 99.3 Å². The van der Waals surface area contributed by atoms with Crippen molar-refractivity contribution in [1.82, 2.24) is 0 Å². The molecule has 0 atom stereocenters. The van der Waals surface area contributed by atoms with Gasteiger partial charge in [0.1, 0.15) is 4.75 Å². The Hall–Kier alpha value is -0.650. The molecule has 0 spiro atoms. The molecule has 0 bridgehead atoms. The van der Waals surface area contributed by atoms with Crippen LogP contribution in [-0.2, 0) is 21.0 Å². The fourth-order valence-electron chi connectivity index (χ4n) is 2.79. The van der Waals surface area contributed by atoms with E-state index in [2.05, 4.69) is 74.4 Å². The summed E-state index contributed by atoms with van der Waals surface area (Å²) in [6.07, 6.45) is 0. The molecule has 0 amide bonds. The van der Waals surface area contributed by atoms with E-state index in [0.29, 0.717) is 4.75 Å². The van der Waals surface area contributed by atoms with E-state index in [1.54, 1.807) is 0 Å². The van der Waals surface area contributed by atoms with E-state index >= 15 is 0 Å². The van der Waals surface area contributed by atoms with E-state index < -0.39 is 5.41 Å². The van der Waals surface area contributed by atoms with Crippen molar-refractivity contribution in [2.24, 2.45) is 5.41 Å². The number of halogens is 1. The molecule has 0 fully saturated rings. The summed E-state index contributed by atoms with van der Waals surface area (Å²) in [4.78, 5) is 12.7. The van der Waals surface area contributed by atoms with E-state index in [1.807, 2.05) is 20.8 Å². The minimum Gasteiger partial charge on any atom is -0.292 e. The first-order valence-electron chi connectivity index (χ1n) is 9.75. The van der Waals surface area contributed by atoms with Crippen LogP contribution < -0.4 is 5.30 Å². The zero-order valence-corrected chi connectivity index (χ0v) is 21.0. The molecule has 3 heteroatoms. The number of carbonyl (C=O) groups is 1. The van der Waals surface area contributed by atoms with Crippen LogP contribution in [0.2, 0.25) is 0 Å². The Kier molecular flexibility index (Phi) is 6.90. The summed E-state index contributed by atoms with van der Waals surface area (Å²) in [5.74, 6) is 0.0189. The van der Waals surface area contributed by atoms with Crippen molar-refractivity contribution < 1.29 is 4.79 Å². The third kappa shape index (κ3) is 6.16. The average molecular weight is 409 g/mol. The number of carbonyl (C=O) groups excluding carboxylic acids is 1. The molecule has 1 aromatic carbocycles. The van der Waals surface area contributed by atoms with Crippen molar-refractivity contribution >= 4 is 35.6 Å². The number of hydrogen-bond acceptors (Lipinski definition) is 1. The highest BCUT2D eigenvalue weighted by Crippen LogP contribution is 2.36. The topological polar surface area (TPSA) is 17.1 Å². The Balaban J connectivity index is 3.94. The summed E-state index contributed by atoms with van der Waals surface area (Å²) in [7, 11) is 0.813. The predicted molar refractivity (Wildman–Crippen MR) is 124 cm³/mol. The molecule has 0 saturated heterocycles.